The summed E-state index contributed by atoms with van der Waals surface area (Å²) in [7, 11) is 1.86. The molecule has 96 valence electrons. The Bertz CT molecular complexity index is 585. The van der Waals surface area contributed by atoms with Crippen molar-refractivity contribution in [3.8, 4) is 0 Å². The molecule has 0 N–H and O–H groups in total. The van der Waals surface area contributed by atoms with E-state index in [9.17, 15) is 4.55 Å². The highest BCUT2D eigenvalue weighted by Crippen LogP contribution is 2.17. The van der Waals surface area contributed by atoms with E-state index in [0.29, 0.717) is 5.69 Å². The normalized spacial score (nSPS) is 14.5. The molecule has 0 bridgehead atoms. The van der Waals surface area contributed by atoms with E-state index in [-0.39, 0.29) is 4.75 Å². The average Bonchev–Trinajstić information content (AvgIpc) is 2.63. The molecule has 0 spiro atoms. The molecule has 18 heavy (non-hydrogen) atoms. The number of hydrogen-bond donors (Lipinski definition) is 0. The zero-order chi connectivity index (χ0) is 13.3. The summed E-state index contributed by atoms with van der Waals surface area (Å²) in [5.41, 5.74) is 1.52. The van der Waals surface area contributed by atoms with E-state index in [2.05, 4.69) is 14.5 Å². The Morgan fingerprint density at radius 2 is 2.17 bits per heavy atom. The molecule has 2 heterocycles. The van der Waals surface area contributed by atoms with Gasteiger partial charge in [0.1, 0.15) is 22.3 Å². The summed E-state index contributed by atoms with van der Waals surface area (Å²) in [6.45, 7) is 5.65. The molecular weight excluding hydrogens is 248 g/mol. The molecule has 0 radical (unpaired) electrons. The standard InChI is InChI=1S/C12H16N4OS/c1-12(2,3)18(17)14-7-10-5-11-9(6-13-10)8-16(4)15-11/h5-8H,1-4H3/b14-7+/t18-/m1/s1. The van der Waals surface area contributed by atoms with Crippen LogP contribution in [0.2, 0.25) is 0 Å². The SMILES string of the molecule is Cn1cc2cnc(/C=N/[S@+]([O-])C(C)(C)C)cc2n1. The molecule has 0 amide bonds. The molecule has 0 aromatic carbocycles. The first-order chi connectivity index (χ1) is 8.36. The van der Waals surface area contributed by atoms with Crippen molar-refractivity contribution in [1.29, 1.82) is 0 Å². The summed E-state index contributed by atoms with van der Waals surface area (Å²) in [5.74, 6) is 0. The Morgan fingerprint density at radius 1 is 1.44 bits per heavy atom. The van der Waals surface area contributed by atoms with Gasteiger partial charge in [-0.2, -0.15) is 5.10 Å². The summed E-state index contributed by atoms with van der Waals surface area (Å²) in [5, 5.41) is 5.27. The molecule has 0 fully saturated rings. The van der Waals surface area contributed by atoms with Crippen molar-refractivity contribution in [2.24, 2.45) is 11.4 Å². The zero-order valence-electron chi connectivity index (χ0n) is 10.9. The van der Waals surface area contributed by atoms with Gasteiger partial charge in [0.05, 0.1) is 11.2 Å². The van der Waals surface area contributed by atoms with Crippen LogP contribution < -0.4 is 0 Å². The first-order valence-electron chi connectivity index (χ1n) is 5.62. The number of fused-ring (bicyclic) bond motifs is 1. The maximum Gasteiger partial charge on any atom is 0.144 e. The van der Waals surface area contributed by atoms with Gasteiger partial charge in [0.25, 0.3) is 0 Å². The number of pyridine rings is 1. The first kappa shape index (κ1) is 13.0. The van der Waals surface area contributed by atoms with Crippen LogP contribution in [0.25, 0.3) is 10.9 Å². The Kier molecular flexibility index (Phi) is 3.41. The van der Waals surface area contributed by atoms with Crippen LogP contribution in [-0.2, 0) is 18.4 Å². The van der Waals surface area contributed by atoms with E-state index in [4.69, 9.17) is 0 Å². The second-order valence-corrected chi connectivity index (χ2v) is 7.00. The highest BCUT2D eigenvalue weighted by Gasteiger charge is 2.25. The fourth-order valence-electron chi connectivity index (χ4n) is 1.39. The van der Waals surface area contributed by atoms with Gasteiger partial charge in [-0.05, 0) is 26.8 Å². The van der Waals surface area contributed by atoms with Gasteiger partial charge in [-0.25, -0.2) is 0 Å². The van der Waals surface area contributed by atoms with E-state index in [1.165, 1.54) is 6.21 Å². The lowest BCUT2D eigenvalue weighted by Crippen LogP contribution is -2.25. The fraction of sp³-hybridized carbons (Fsp3) is 0.417. The third-order valence-electron chi connectivity index (χ3n) is 2.33. The van der Waals surface area contributed by atoms with Gasteiger partial charge in [0.2, 0.25) is 0 Å². The summed E-state index contributed by atoms with van der Waals surface area (Å²) >= 11 is -1.26. The van der Waals surface area contributed by atoms with Gasteiger partial charge in [-0.1, -0.05) is 4.40 Å². The number of hydrogen-bond acceptors (Lipinski definition) is 4. The van der Waals surface area contributed by atoms with Crippen molar-refractivity contribution in [1.82, 2.24) is 14.8 Å². The average molecular weight is 264 g/mol. The van der Waals surface area contributed by atoms with Crippen molar-refractivity contribution in [3.63, 3.8) is 0 Å². The highest BCUT2D eigenvalue weighted by molar-refractivity contribution is 7.91. The lowest BCUT2D eigenvalue weighted by atomic mass is 10.3. The smallest absolute Gasteiger partial charge is 0.144 e. The predicted octanol–water partition coefficient (Wildman–Crippen LogP) is 1.85. The van der Waals surface area contributed by atoms with Gasteiger partial charge in [0.15, 0.2) is 0 Å². The quantitative estimate of drug-likeness (QED) is 0.614. The topological polar surface area (TPSA) is 66.1 Å². The minimum absolute atomic E-state index is 0.356. The molecule has 1 atom stereocenters. The highest BCUT2D eigenvalue weighted by atomic mass is 32.2. The zero-order valence-corrected chi connectivity index (χ0v) is 11.7. The summed E-state index contributed by atoms with van der Waals surface area (Å²) < 4.78 is 17.2. The minimum atomic E-state index is -1.26. The van der Waals surface area contributed by atoms with E-state index >= 15 is 0 Å². The monoisotopic (exact) mass is 264 g/mol. The van der Waals surface area contributed by atoms with Crippen LogP contribution in [0.15, 0.2) is 22.9 Å². The van der Waals surface area contributed by atoms with Crippen LogP contribution >= 0.6 is 0 Å². The molecule has 0 aliphatic carbocycles. The lowest BCUT2D eigenvalue weighted by molar-refractivity contribution is 0.562. The van der Waals surface area contributed by atoms with E-state index < -0.39 is 11.4 Å². The van der Waals surface area contributed by atoms with E-state index in [1.54, 1.807) is 10.9 Å². The number of nitrogens with zero attached hydrogens (tertiary/aromatic N) is 4. The minimum Gasteiger partial charge on any atom is -0.591 e. The van der Waals surface area contributed by atoms with Crippen molar-refractivity contribution >= 4 is 28.5 Å². The number of aryl methyl sites for hydroxylation is 1. The third kappa shape index (κ3) is 2.88. The number of aromatic nitrogens is 3. The van der Waals surface area contributed by atoms with E-state index in [0.717, 1.165) is 10.9 Å². The molecule has 0 saturated carbocycles. The maximum absolute atomic E-state index is 11.8. The van der Waals surface area contributed by atoms with Crippen LogP contribution in [0.3, 0.4) is 0 Å². The molecule has 0 aliphatic rings. The molecule has 0 unspecified atom stereocenters. The molecule has 2 aromatic heterocycles. The summed E-state index contributed by atoms with van der Waals surface area (Å²) in [6.07, 6.45) is 5.18. The van der Waals surface area contributed by atoms with Crippen LogP contribution in [0.1, 0.15) is 26.5 Å². The van der Waals surface area contributed by atoms with Gasteiger partial charge in [-0.15, -0.1) is 0 Å². The maximum atomic E-state index is 11.8. The van der Waals surface area contributed by atoms with Crippen LogP contribution in [0.5, 0.6) is 0 Å². The molecule has 0 saturated heterocycles. The molecule has 0 aliphatic heterocycles. The molecular formula is C12H16N4OS. The Labute approximate surface area is 109 Å². The Balaban J connectivity index is 2.24. The predicted molar refractivity (Wildman–Crippen MR) is 74.0 cm³/mol. The molecule has 2 aromatic rings. The lowest BCUT2D eigenvalue weighted by Gasteiger charge is -2.17. The Hall–Kier alpha value is -1.40. The largest absolute Gasteiger partial charge is 0.591 e. The molecule has 2 rings (SSSR count). The fourth-order valence-corrected chi connectivity index (χ4v) is 1.91. The van der Waals surface area contributed by atoms with Crippen molar-refractivity contribution in [3.05, 3.63) is 24.2 Å². The summed E-state index contributed by atoms with van der Waals surface area (Å²) in [6, 6.07) is 1.83. The summed E-state index contributed by atoms with van der Waals surface area (Å²) in [4.78, 5) is 4.24. The third-order valence-corrected chi connectivity index (χ3v) is 3.67. The van der Waals surface area contributed by atoms with Crippen LogP contribution in [0.4, 0.5) is 0 Å². The van der Waals surface area contributed by atoms with Gasteiger partial charge < -0.3 is 4.55 Å². The molecule has 5 nitrogen and oxygen atoms in total. The second kappa shape index (κ2) is 4.70. The Morgan fingerprint density at radius 3 is 2.83 bits per heavy atom. The van der Waals surface area contributed by atoms with E-state index in [1.807, 2.05) is 40.1 Å². The van der Waals surface area contributed by atoms with Gasteiger partial charge in [0, 0.05) is 24.8 Å². The van der Waals surface area contributed by atoms with Crippen molar-refractivity contribution in [2.75, 3.05) is 0 Å². The second-order valence-electron chi connectivity index (χ2n) is 5.07. The number of rotatable bonds is 2. The first-order valence-corrected chi connectivity index (χ1v) is 6.72. The molecule has 6 heteroatoms. The van der Waals surface area contributed by atoms with Crippen LogP contribution in [-0.4, -0.2) is 30.3 Å². The van der Waals surface area contributed by atoms with Gasteiger partial charge in [-0.3, -0.25) is 9.67 Å². The van der Waals surface area contributed by atoms with Crippen molar-refractivity contribution < 1.29 is 4.55 Å². The van der Waals surface area contributed by atoms with Crippen molar-refractivity contribution in [2.45, 2.75) is 25.5 Å². The van der Waals surface area contributed by atoms with Crippen LogP contribution in [0, 0.1) is 0 Å². The van der Waals surface area contributed by atoms with Gasteiger partial charge >= 0.3 is 0 Å².